The normalized spacial score (nSPS) is 13.0. The number of aliphatic hydroxyl groups excluding tert-OH is 2. The van der Waals surface area contributed by atoms with Crippen molar-refractivity contribution in [1.29, 1.82) is 0 Å². The number of alkyl carbamates (subject to hydrolysis) is 1. The van der Waals surface area contributed by atoms with E-state index >= 15 is 0 Å². The molecule has 2 aromatic rings. The van der Waals surface area contributed by atoms with E-state index in [1.54, 1.807) is 12.1 Å². The van der Waals surface area contributed by atoms with Crippen LogP contribution >= 0.6 is 0 Å². The molecule has 0 spiro atoms. The lowest BCUT2D eigenvalue weighted by atomic mass is 10.0. The van der Waals surface area contributed by atoms with Crippen LogP contribution in [0, 0.1) is 6.92 Å². The first-order valence-electron chi connectivity index (χ1n) is 7.96. The summed E-state index contributed by atoms with van der Waals surface area (Å²) in [6.45, 7) is 1.87. The lowest BCUT2D eigenvalue weighted by molar-refractivity contribution is 0.0171. The first-order valence-corrected chi connectivity index (χ1v) is 7.96. The van der Waals surface area contributed by atoms with Gasteiger partial charge >= 0.3 is 6.09 Å². The molecule has 6 heteroatoms. The summed E-state index contributed by atoms with van der Waals surface area (Å²) in [5, 5.41) is 22.9. The summed E-state index contributed by atoms with van der Waals surface area (Å²) in [4.78, 5) is 11.7. The van der Waals surface area contributed by atoms with Crippen LogP contribution in [0.4, 0.5) is 4.79 Å². The molecule has 0 bridgehead atoms. The average molecular weight is 345 g/mol. The quantitative estimate of drug-likeness (QED) is 0.717. The summed E-state index contributed by atoms with van der Waals surface area (Å²) in [6, 6.07) is 14.6. The number of hydrogen-bond donors (Lipinski definition) is 3. The highest BCUT2D eigenvalue weighted by Gasteiger charge is 2.22. The maximum Gasteiger partial charge on any atom is 0.407 e. The fourth-order valence-corrected chi connectivity index (χ4v) is 2.37. The topological polar surface area (TPSA) is 88.0 Å². The number of nitrogens with one attached hydrogen (secondary N) is 1. The molecule has 2 aromatic carbocycles. The summed E-state index contributed by atoms with van der Waals surface area (Å²) in [6.07, 6.45) is -3.05. The average Bonchev–Trinajstić information content (AvgIpc) is 2.64. The zero-order valence-corrected chi connectivity index (χ0v) is 14.3. The molecule has 2 unspecified atom stereocenters. The Morgan fingerprint density at radius 2 is 1.88 bits per heavy atom. The number of benzene rings is 2. The number of aliphatic hydroxyl groups is 2. The number of aryl methyl sites for hydroxylation is 1. The van der Waals surface area contributed by atoms with Gasteiger partial charge < -0.3 is 25.0 Å². The van der Waals surface area contributed by atoms with Crippen molar-refractivity contribution in [2.45, 2.75) is 25.7 Å². The molecule has 3 N–H and O–H groups in total. The summed E-state index contributed by atoms with van der Waals surface area (Å²) < 4.78 is 10.3. The van der Waals surface area contributed by atoms with Crippen LogP contribution in [-0.4, -0.2) is 36.1 Å². The molecule has 0 radical (unpaired) electrons. The van der Waals surface area contributed by atoms with Crippen LogP contribution < -0.4 is 10.1 Å². The van der Waals surface area contributed by atoms with E-state index in [2.05, 4.69) is 5.32 Å². The van der Waals surface area contributed by atoms with E-state index < -0.39 is 18.3 Å². The molecule has 134 valence electrons. The third-order valence-electron chi connectivity index (χ3n) is 3.74. The molecule has 0 saturated carbocycles. The third-order valence-corrected chi connectivity index (χ3v) is 3.74. The van der Waals surface area contributed by atoms with Gasteiger partial charge in [0, 0.05) is 12.1 Å². The van der Waals surface area contributed by atoms with E-state index in [4.69, 9.17) is 9.47 Å². The largest absolute Gasteiger partial charge is 0.496 e. The molecule has 0 saturated heterocycles. The molecule has 0 aliphatic heterocycles. The lowest BCUT2D eigenvalue weighted by Gasteiger charge is -2.21. The Bertz CT molecular complexity index is 689. The number of ether oxygens (including phenoxy) is 2. The van der Waals surface area contributed by atoms with Crippen molar-refractivity contribution >= 4 is 6.09 Å². The standard InChI is InChI=1S/C19H23NO5/c1-13-8-9-17(24-2)15(10-13)18(22)16(21)11-20-19(23)25-12-14-6-4-3-5-7-14/h3-10,16,18,21-22H,11-12H2,1-2H3,(H,20,23). The number of carbonyl (C=O) groups excluding carboxylic acids is 1. The van der Waals surface area contributed by atoms with Crippen LogP contribution in [0.1, 0.15) is 22.8 Å². The Labute approximate surface area is 147 Å². The number of amides is 1. The Morgan fingerprint density at radius 1 is 1.16 bits per heavy atom. The van der Waals surface area contributed by atoms with Gasteiger partial charge in [-0.1, -0.05) is 42.0 Å². The van der Waals surface area contributed by atoms with Crippen LogP contribution in [-0.2, 0) is 11.3 Å². The minimum Gasteiger partial charge on any atom is -0.496 e. The van der Waals surface area contributed by atoms with Gasteiger partial charge in [-0.25, -0.2) is 4.79 Å². The van der Waals surface area contributed by atoms with Gasteiger partial charge in [-0.15, -0.1) is 0 Å². The zero-order chi connectivity index (χ0) is 18.2. The Kier molecular flexibility index (Phi) is 6.80. The van der Waals surface area contributed by atoms with Crippen molar-refractivity contribution in [2.75, 3.05) is 13.7 Å². The SMILES string of the molecule is COc1ccc(C)cc1C(O)C(O)CNC(=O)OCc1ccccc1. The highest BCUT2D eigenvalue weighted by molar-refractivity contribution is 5.67. The van der Waals surface area contributed by atoms with Crippen molar-refractivity contribution in [2.24, 2.45) is 0 Å². The minimum atomic E-state index is -1.19. The molecule has 0 fully saturated rings. The van der Waals surface area contributed by atoms with Gasteiger partial charge in [0.05, 0.1) is 7.11 Å². The van der Waals surface area contributed by atoms with E-state index in [0.29, 0.717) is 11.3 Å². The predicted octanol–water partition coefficient (Wildman–Crippen LogP) is 2.32. The van der Waals surface area contributed by atoms with E-state index in [9.17, 15) is 15.0 Å². The number of methoxy groups -OCH3 is 1. The predicted molar refractivity (Wildman–Crippen MR) is 93.3 cm³/mol. The molecular formula is C19H23NO5. The van der Waals surface area contributed by atoms with Crippen molar-refractivity contribution in [3.63, 3.8) is 0 Å². The monoisotopic (exact) mass is 345 g/mol. The first-order chi connectivity index (χ1) is 12.0. The smallest absolute Gasteiger partial charge is 0.407 e. The molecule has 2 atom stereocenters. The maximum atomic E-state index is 11.7. The second-order valence-electron chi connectivity index (χ2n) is 5.70. The molecular weight excluding hydrogens is 322 g/mol. The molecule has 0 aliphatic carbocycles. The van der Waals surface area contributed by atoms with Crippen LogP contribution in [0.25, 0.3) is 0 Å². The lowest BCUT2D eigenvalue weighted by Crippen LogP contribution is -2.35. The van der Waals surface area contributed by atoms with Crippen LogP contribution in [0.5, 0.6) is 5.75 Å². The van der Waals surface area contributed by atoms with Gasteiger partial charge in [-0.3, -0.25) is 0 Å². The molecule has 1 amide bonds. The van der Waals surface area contributed by atoms with Crippen molar-refractivity contribution in [3.8, 4) is 5.75 Å². The Balaban J connectivity index is 1.86. The third kappa shape index (κ3) is 5.48. The van der Waals surface area contributed by atoms with Gasteiger partial charge in [-0.2, -0.15) is 0 Å². The van der Waals surface area contributed by atoms with E-state index in [0.717, 1.165) is 11.1 Å². The van der Waals surface area contributed by atoms with E-state index in [1.165, 1.54) is 7.11 Å². The summed E-state index contributed by atoms with van der Waals surface area (Å²) >= 11 is 0. The highest BCUT2D eigenvalue weighted by Crippen LogP contribution is 2.28. The minimum absolute atomic E-state index is 0.136. The Morgan fingerprint density at radius 3 is 2.56 bits per heavy atom. The number of hydrogen-bond acceptors (Lipinski definition) is 5. The molecule has 0 aliphatic rings. The molecule has 0 heterocycles. The van der Waals surface area contributed by atoms with Crippen LogP contribution in [0.15, 0.2) is 48.5 Å². The van der Waals surface area contributed by atoms with Gasteiger partial charge in [0.2, 0.25) is 0 Å². The first kappa shape index (κ1) is 18.8. The second-order valence-corrected chi connectivity index (χ2v) is 5.70. The summed E-state index contributed by atoms with van der Waals surface area (Å²) in [5.41, 5.74) is 2.26. The van der Waals surface area contributed by atoms with E-state index in [1.807, 2.05) is 43.3 Å². The van der Waals surface area contributed by atoms with Gasteiger partial charge in [0.15, 0.2) is 0 Å². The second kappa shape index (κ2) is 9.05. The number of carbonyl (C=O) groups is 1. The van der Waals surface area contributed by atoms with Crippen LogP contribution in [0.3, 0.4) is 0 Å². The maximum absolute atomic E-state index is 11.7. The highest BCUT2D eigenvalue weighted by atomic mass is 16.5. The summed E-state index contributed by atoms with van der Waals surface area (Å²) in [7, 11) is 1.49. The van der Waals surface area contributed by atoms with Gasteiger partial charge in [0.1, 0.15) is 24.6 Å². The van der Waals surface area contributed by atoms with Gasteiger partial charge in [-0.05, 0) is 24.6 Å². The molecule has 2 rings (SSSR count). The zero-order valence-electron chi connectivity index (χ0n) is 14.3. The molecule has 0 aromatic heterocycles. The summed E-state index contributed by atoms with van der Waals surface area (Å²) in [5.74, 6) is 0.476. The van der Waals surface area contributed by atoms with E-state index in [-0.39, 0.29) is 13.2 Å². The molecule has 6 nitrogen and oxygen atoms in total. The Hall–Kier alpha value is -2.57. The fourth-order valence-electron chi connectivity index (χ4n) is 2.37. The fraction of sp³-hybridized carbons (Fsp3) is 0.316. The molecule has 25 heavy (non-hydrogen) atoms. The van der Waals surface area contributed by atoms with Crippen molar-refractivity contribution in [3.05, 3.63) is 65.2 Å². The van der Waals surface area contributed by atoms with Crippen LogP contribution in [0.2, 0.25) is 0 Å². The van der Waals surface area contributed by atoms with Crippen molar-refractivity contribution in [1.82, 2.24) is 5.32 Å². The van der Waals surface area contributed by atoms with Crippen molar-refractivity contribution < 1.29 is 24.5 Å². The number of rotatable bonds is 7. The van der Waals surface area contributed by atoms with Gasteiger partial charge in [0.25, 0.3) is 0 Å².